The van der Waals surface area contributed by atoms with Crippen LogP contribution in [0.15, 0.2) is 10.9 Å². The molecular formula is C11H11Cl2N3O2. The third kappa shape index (κ3) is 2.29. The van der Waals surface area contributed by atoms with Crippen LogP contribution in [0.4, 0.5) is 0 Å². The topological polar surface area (TPSA) is 78.0 Å². The number of benzene rings is 1. The summed E-state index contributed by atoms with van der Waals surface area (Å²) in [5.74, 6) is 0.183. The van der Waals surface area contributed by atoms with Crippen molar-refractivity contribution in [1.82, 2.24) is 15.3 Å². The van der Waals surface area contributed by atoms with Gasteiger partial charge >= 0.3 is 0 Å². The molecule has 0 atom stereocenters. The Hall–Kier alpha value is -1.30. The average Bonchev–Trinajstić information content (AvgIpc) is 2.32. The van der Waals surface area contributed by atoms with Crippen LogP contribution in [0.1, 0.15) is 12.7 Å². The summed E-state index contributed by atoms with van der Waals surface area (Å²) >= 11 is 11.7. The highest BCUT2D eigenvalue weighted by atomic mass is 35.5. The van der Waals surface area contributed by atoms with Gasteiger partial charge < -0.3 is 15.4 Å². The van der Waals surface area contributed by atoms with Gasteiger partial charge in [-0.3, -0.25) is 4.79 Å². The number of hydrogen-bond acceptors (Lipinski definition) is 4. The van der Waals surface area contributed by atoms with E-state index in [9.17, 15) is 9.90 Å². The Morgan fingerprint density at radius 3 is 2.83 bits per heavy atom. The van der Waals surface area contributed by atoms with Crippen molar-refractivity contribution >= 4 is 34.1 Å². The number of aromatic hydroxyl groups is 1. The van der Waals surface area contributed by atoms with Gasteiger partial charge in [0.1, 0.15) is 11.3 Å². The van der Waals surface area contributed by atoms with E-state index in [0.717, 1.165) is 6.54 Å². The molecule has 0 aliphatic carbocycles. The van der Waals surface area contributed by atoms with Gasteiger partial charge in [-0.25, -0.2) is 4.98 Å². The molecule has 2 rings (SSSR count). The summed E-state index contributed by atoms with van der Waals surface area (Å²) in [5.41, 5.74) is -0.283. The van der Waals surface area contributed by atoms with Gasteiger partial charge in [0.2, 0.25) is 0 Å². The maximum atomic E-state index is 11.9. The second-order valence-corrected chi connectivity index (χ2v) is 4.52. The molecule has 3 N–H and O–H groups in total. The van der Waals surface area contributed by atoms with E-state index in [2.05, 4.69) is 15.3 Å². The summed E-state index contributed by atoms with van der Waals surface area (Å²) in [4.78, 5) is 18.6. The first-order chi connectivity index (χ1) is 8.54. The third-order valence-corrected chi connectivity index (χ3v) is 3.04. The molecule has 96 valence electrons. The van der Waals surface area contributed by atoms with Crippen LogP contribution in [0.2, 0.25) is 10.0 Å². The van der Waals surface area contributed by atoms with Gasteiger partial charge in [-0.1, -0.05) is 30.1 Å². The van der Waals surface area contributed by atoms with E-state index in [1.54, 1.807) is 0 Å². The molecule has 0 bridgehead atoms. The number of nitrogens with zero attached hydrogens (tertiary/aromatic N) is 1. The molecule has 0 aliphatic heterocycles. The lowest BCUT2D eigenvalue weighted by Gasteiger charge is -2.07. The largest absolute Gasteiger partial charge is 0.504 e. The van der Waals surface area contributed by atoms with E-state index >= 15 is 0 Å². The third-order valence-electron chi connectivity index (χ3n) is 2.45. The highest BCUT2D eigenvalue weighted by molar-refractivity contribution is 6.39. The van der Waals surface area contributed by atoms with Crippen LogP contribution in [0, 0.1) is 0 Å². The summed E-state index contributed by atoms with van der Waals surface area (Å²) in [6.45, 7) is 3.07. The summed E-state index contributed by atoms with van der Waals surface area (Å²) in [6, 6.07) is 1.32. The number of halogens is 2. The number of fused-ring (bicyclic) bond motifs is 1. The number of aromatic amines is 1. The Morgan fingerprint density at radius 2 is 2.17 bits per heavy atom. The van der Waals surface area contributed by atoms with E-state index in [0.29, 0.717) is 12.4 Å². The number of rotatable bonds is 3. The van der Waals surface area contributed by atoms with Gasteiger partial charge in [-0.05, 0) is 12.6 Å². The molecule has 1 aromatic carbocycles. The van der Waals surface area contributed by atoms with Crippen molar-refractivity contribution in [2.24, 2.45) is 0 Å². The fraction of sp³-hybridized carbons (Fsp3) is 0.273. The van der Waals surface area contributed by atoms with Crippen LogP contribution in [0.3, 0.4) is 0 Å². The van der Waals surface area contributed by atoms with Crippen LogP contribution in [0.25, 0.3) is 10.9 Å². The van der Waals surface area contributed by atoms with E-state index < -0.39 is 5.56 Å². The number of nitrogens with one attached hydrogen (secondary N) is 2. The summed E-state index contributed by atoms with van der Waals surface area (Å²) in [5, 5.41) is 13.2. The molecule has 0 spiro atoms. The standard InChI is InChI=1S/C11H11Cl2N3O2/c1-2-14-4-7-15-9-8(11(18)16-7)5(12)3-6(13)10(9)17/h3,14,17H,2,4H2,1H3,(H,15,16,18). The van der Waals surface area contributed by atoms with E-state index in [4.69, 9.17) is 23.2 Å². The molecule has 0 saturated carbocycles. The minimum absolute atomic E-state index is 0.0694. The van der Waals surface area contributed by atoms with Crippen molar-refractivity contribution < 1.29 is 5.11 Å². The Balaban J connectivity index is 2.71. The smallest absolute Gasteiger partial charge is 0.260 e. The van der Waals surface area contributed by atoms with Crippen LogP contribution in [-0.2, 0) is 6.54 Å². The molecular weight excluding hydrogens is 277 g/mol. The van der Waals surface area contributed by atoms with Crippen molar-refractivity contribution in [3.63, 3.8) is 0 Å². The van der Waals surface area contributed by atoms with Crippen LogP contribution < -0.4 is 10.9 Å². The molecule has 0 aliphatic rings. The molecule has 18 heavy (non-hydrogen) atoms. The second kappa shape index (κ2) is 5.14. The van der Waals surface area contributed by atoms with Gasteiger partial charge in [-0.15, -0.1) is 0 Å². The predicted octanol–water partition coefficient (Wildman–Crippen LogP) is 2.04. The molecule has 7 heteroatoms. The number of hydrogen-bond donors (Lipinski definition) is 3. The molecule has 1 heterocycles. The monoisotopic (exact) mass is 287 g/mol. The zero-order chi connectivity index (χ0) is 13.3. The highest BCUT2D eigenvalue weighted by Gasteiger charge is 2.14. The number of aromatic nitrogens is 2. The Kier molecular flexibility index (Phi) is 3.75. The zero-order valence-electron chi connectivity index (χ0n) is 9.55. The Bertz CT molecular complexity index is 655. The zero-order valence-corrected chi connectivity index (χ0v) is 11.1. The normalized spacial score (nSPS) is 11.1. The van der Waals surface area contributed by atoms with E-state index in [1.807, 2.05) is 6.92 Å². The van der Waals surface area contributed by atoms with Crippen molar-refractivity contribution in [3.05, 3.63) is 32.3 Å². The van der Waals surface area contributed by atoms with E-state index in [-0.39, 0.29) is 26.7 Å². The second-order valence-electron chi connectivity index (χ2n) is 3.71. The Labute approximate surface area is 113 Å². The van der Waals surface area contributed by atoms with Crippen LogP contribution in [0.5, 0.6) is 5.75 Å². The Morgan fingerprint density at radius 1 is 1.44 bits per heavy atom. The van der Waals surface area contributed by atoms with Gasteiger partial charge in [0.15, 0.2) is 5.75 Å². The summed E-state index contributed by atoms with van der Waals surface area (Å²) < 4.78 is 0. The minimum Gasteiger partial charge on any atom is -0.504 e. The number of phenolic OH excluding ortho intramolecular Hbond substituents is 1. The molecule has 0 unspecified atom stereocenters. The SMILES string of the molecule is CCNCc1nc2c(O)c(Cl)cc(Cl)c2c(=O)[nH]1. The summed E-state index contributed by atoms with van der Waals surface area (Å²) in [6.07, 6.45) is 0. The predicted molar refractivity (Wildman–Crippen MR) is 71.4 cm³/mol. The first-order valence-electron chi connectivity index (χ1n) is 5.35. The first-order valence-corrected chi connectivity index (χ1v) is 6.10. The average molecular weight is 288 g/mol. The van der Waals surface area contributed by atoms with Crippen molar-refractivity contribution in [1.29, 1.82) is 0 Å². The number of H-pyrrole nitrogens is 1. The molecule has 0 radical (unpaired) electrons. The molecule has 0 saturated heterocycles. The molecule has 2 aromatic rings. The maximum absolute atomic E-state index is 11.9. The van der Waals surface area contributed by atoms with Crippen molar-refractivity contribution in [2.75, 3.05) is 6.54 Å². The molecule has 0 fully saturated rings. The molecule has 1 aromatic heterocycles. The van der Waals surface area contributed by atoms with Gasteiger partial charge in [0.25, 0.3) is 5.56 Å². The number of phenols is 1. The van der Waals surface area contributed by atoms with Crippen LogP contribution in [-0.4, -0.2) is 21.6 Å². The van der Waals surface area contributed by atoms with Gasteiger partial charge in [0.05, 0.1) is 22.0 Å². The molecule has 0 amide bonds. The van der Waals surface area contributed by atoms with E-state index in [1.165, 1.54) is 6.07 Å². The fourth-order valence-electron chi connectivity index (χ4n) is 1.60. The van der Waals surface area contributed by atoms with Crippen molar-refractivity contribution in [3.8, 4) is 5.75 Å². The quantitative estimate of drug-likeness (QED) is 0.807. The van der Waals surface area contributed by atoms with Gasteiger partial charge in [0, 0.05) is 0 Å². The lowest BCUT2D eigenvalue weighted by molar-refractivity contribution is 0.480. The first kappa shape index (κ1) is 13.1. The fourth-order valence-corrected chi connectivity index (χ4v) is 2.14. The maximum Gasteiger partial charge on any atom is 0.260 e. The lowest BCUT2D eigenvalue weighted by Crippen LogP contribution is -2.19. The minimum atomic E-state index is -0.398. The lowest BCUT2D eigenvalue weighted by atomic mass is 10.2. The van der Waals surface area contributed by atoms with Gasteiger partial charge in [-0.2, -0.15) is 0 Å². The highest BCUT2D eigenvalue weighted by Crippen LogP contribution is 2.34. The van der Waals surface area contributed by atoms with Crippen molar-refractivity contribution in [2.45, 2.75) is 13.5 Å². The van der Waals surface area contributed by atoms with Crippen LogP contribution >= 0.6 is 23.2 Å². The molecule has 5 nitrogen and oxygen atoms in total. The summed E-state index contributed by atoms with van der Waals surface area (Å²) in [7, 11) is 0.